The number of aliphatic imine (C=N–C) groups is 3. The van der Waals surface area contributed by atoms with Crippen LogP contribution in [0.3, 0.4) is 0 Å². The summed E-state index contributed by atoms with van der Waals surface area (Å²) < 4.78 is 0. The second-order valence-electron chi connectivity index (χ2n) is 7.77. The maximum Gasteiger partial charge on any atom is 0.291 e. The van der Waals surface area contributed by atoms with Gasteiger partial charge in [0.05, 0.1) is 0 Å². The molecule has 1 aromatic rings. The highest BCUT2D eigenvalue weighted by Gasteiger charge is 2.43. The number of amides is 1. The number of rotatable bonds is 2. The van der Waals surface area contributed by atoms with Crippen molar-refractivity contribution >= 4 is 23.8 Å². The zero-order valence-corrected chi connectivity index (χ0v) is 17.3. The number of likely N-dealkylation sites (tertiary alicyclic amines) is 1. The molecule has 1 heterocycles. The molecule has 1 amide bonds. The summed E-state index contributed by atoms with van der Waals surface area (Å²) in [6.07, 6.45) is 7.71. The first-order valence-corrected chi connectivity index (χ1v) is 10.1. The Hall–Kier alpha value is -2.56. The van der Waals surface area contributed by atoms with Gasteiger partial charge in [-0.25, -0.2) is 9.98 Å². The van der Waals surface area contributed by atoms with Crippen LogP contribution < -0.4 is 0 Å². The first-order valence-electron chi connectivity index (χ1n) is 10.1. The molecule has 3 rings (SSSR count). The lowest BCUT2D eigenvalue weighted by Gasteiger charge is -2.20. The van der Waals surface area contributed by atoms with Crippen molar-refractivity contribution in [3.63, 3.8) is 0 Å². The van der Waals surface area contributed by atoms with Gasteiger partial charge in [-0.15, -0.1) is 0 Å². The van der Waals surface area contributed by atoms with Gasteiger partial charge in [-0.05, 0) is 68.6 Å². The van der Waals surface area contributed by atoms with Crippen molar-refractivity contribution in [2.75, 3.05) is 20.1 Å². The molecular weight excluding hydrogens is 348 g/mol. The quantitative estimate of drug-likeness (QED) is 0.566. The predicted molar refractivity (Wildman–Crippen MR) is 116 cm³/mol. The van der Waals surface area contributed by atoms with E-state index in [0.29, 0.717) is 23.6 Å². The molecule has 0 aromatic heterocycles. The fourth-order valence-corrected chi connectivity index (χ4v) is 4.52. The van der Waals surface area contributed by atoms with E-state index in [1.165, 1.54) is 11.1 Å². The number of aryl methyl sites for hydroxylation is 1. The summed E-state index contributed by atoms with van der Waals surface area (Å²) in [4.78, 5) is 27.5. The van der Waals surface area contributed by atoms with Gasteiger partial charge in [0.1, 0.15) is 5.84 Å². The van der Waals surface area contributed by atoms with E-state index in [2.05, 4.69) is 46.2 Å². The van der Waals surface area contributed by atoms with Crippen molar-refractivity contribution in [2.24, 2.45) is 26.8 Å². The van der Waals surface area contributed by atoms with Gasteiger partial charge in [-0.1, -0.05) is 30.3 Å². The Labute approximate surface area is 168 Å². The van der Waals surface area contributed by atoms with Gasteiger partial charge in [0.2, 0.25) is 5.84 Å². The molecule has 5 nitrogen and oxygen atoms in total. The molecule has 1 aliphatic carbocycles. The predicted octanol–water partition coefficient (Wildman–Crippen LogP) is 4.04. The van der Waals surface area contributed by atoms with Crippen LogP contribution in [0.5, 0.6) is 0 Å². The third-order valence-corrected chi connectivity index (χ3v) is 5.88. The van der Waals surface area contributed by atoms with Gasteiger partial charge in [0, 0.05) is 26.4 Å². The second kappa shape index (κ2) is 9.09. The van der Waals surface area contributed by atoms with Crippen LogP contribution in [0.4, 0.5) is 0 Å². The van der Waals surface area contributed by atoms with E-state index < -0.39 is 0 Å². The van der Waals surface area contributed by atoms with Crippen LogP contribution in [0.15, 0.2) is 51.4 Å². The molecule has 1 aliphatic heterocycles. The number of hydrogen-bond donors (Lipinski definition) is 0. The average molecular weight is 379 g/mol. The summed E-state index contributed by atoms with van der Waals surface area (Å²) in [7, 11) is 1.62. The lowest BCUT2D eigenvalue weighted by molar-refractivity contribution is -0.123. The van der Waals surface area contributed by atoms with Gasteiger partial charge >= 0.3 is 0 Å². The molecule has 5 heteroatoms. The minimum absolute atomic E-state index is 0.0788. The SMILES string of the molecule is C/C=C\C=NC(C)=NC(=NC)C(=O)N1C[C@H]2CC(c3ccccc3C)C[C@H]2C1. The Bertz CT molecular complexity index is 823. The third kappa shape index (κ3) is 4.46. The van der Waals surface area contributed by atoms with Gasteiger partial charge in [0.15, 0.2) is 0 Å². The van der Waals surface area contributed by atoms with Crippen molar-refractivity contribution in [2.45, 2.75) is 39.5 Å². The molecule has 2 aliphatic rings. The molecule has 0 radical (unpaired) electrons. The number of allylic oxidation sites excluding steroid dienone is 2. The van der Waals surface area contributed by atoms with Crippen LogP contribution >= 0.6 is 0 Å². The summed E-state index contributed by atoms with van der Waals surface area (Å²) >= 11 is 0. The lowest BCUT2D eigenvalue weighted by Crippen LogP contribution is -2.35. The lowest BCUT2D eigenvalue weighted by atomic mass is 9.92. The number of fused-ring (bicyclic) bond motifs is 1. The Morgan fingerprint density at radius 3 is 2.46 bits per heavy atom. The van der Waals surface area contributed by atoms with Crippen molar-refractivity contribution < 1.29 is 4.79 Å². The highest BCUT2D eigenvalue weighted by atomic mass is 16.2. The summed E-state index contributed by atoms with van der Waals surface area (Å²) in [5, 5.41) is 0. The van der Waals surface area contributed by atoms with E-state index in [4.69, 9.17) is 0 Å². The van der Waals surface area contributed by atoms with Crippen LogP contribution in [0.1, 0.15) is 43.7 Å². The van der Waals surface area contributed by atoms with Crippen LogP contribution in [0.2, 0.25) is 0 Å². The Morgan fingerprint density at radius 1 is 1.18 bits per heavy atom. The number of hydrogen-bond acceptors (Lipinski definition) is 2. The van der Waals surface area contributed by atoms with Crippen LogP contribution in [0, 0.1) is 18.8 Å². The largest absolute Gasteiger partial charge is 0.335 e. The van der Waals surface area contributed by atoms with E-state index in [9.17, 15) is 4.79 Å². The second-order valence-corrected chi connectivity index (χ2v) is 7.77. The first-order chi connectivity index (χ1) is 13.5. The maximum absolute atomic E-state index is 12.9. The fraction of sp³-hybridized carbons (Fsp3) is 0.478. The Balaban J connectivity index is 1.63. The van der Waals surface area contributed by atoms with Crippen LogP contribution in [-0.2, 0) is 4.79 Å². The van der Waals surface area contributed by atoms with Gasteiger partial charge in [-0.2, -0.15) is 0 Å². The number of carbonyl (C=O) groups is 1. The van der Waals surface area contributed by atoms with E-state index in [1.807, 2.05) is 24.0 Å². The van der Waals surface area contributed by atoms with Crippen molar-refractivity contribution in [3.8, 4) is 0 Å². The topological polar surface area (TPSA) is 57.4 Å². The summed E-state index contributed by atoms with van der Waals surface area (Å²) in [6, 6.07) is 8.70. The van der Waals surface area contributed by atoms with Crippen molar-refractivity contribution in [3.05, 3.63) is 47.5 Å². The van der Waals surface area contributed by atoms with Gasteiger partial charge < -0.3 is 4.90 Å². The Morgan fingerprint density at radius 2 is 1.86 bits per heavy atom. The number of amidine groups is 2. The number of nitrogens with zero attached hydrogens (tertiary/aromatic N) is 4. The van der Waals surface area contributed by atoms with E-state index in [1.54, 1.807) is 20.2 Å². The van der Waals surface area contributed by atoms with E-state index >= 15 is 0 Å². The van der Waals surface area contributed by atoms with Gasteiger partial charge in [0.25, 0.3) is 5.91 Å². The molecular formula is C23H30N4O. The maximum atomic E-state index is 12.9. The number of benzene rings is 1. The highest BCUT2D eigenvalue weighted by molar-refractivity contribution is 6.39. The summed E-state index contributed by atoms with van der Waals surface area (Å²) in [5.41, 5.74) is 2.86. The average Bonchev–Trinajstić information content (AvgIpc) is 3.25. The Kier molecular flexibility index (Phi) is 6.55. The molecule has 1 aromatic carbocycles. The first kappa shape index (κ1) is 20.2. The standard InChI is InChI=1S/C23H30N4O/c1-5-6-11-25-17(3)26-22(24-4)23(28)27-14-19-12-18(13-20(19)15-27)21-10-8-7-9-16(21)2/h5-11,18-20H,12-15H2,1-4H3/b6-5-,24-22?,25-11?,26-17?/t18?,19-,20+. The van der Waals surface area contributed by atoms with Crippen LogP contribution in [-0.4, -0.2) is 48.8 Å². The highest BCUT2D eigenvalue weighted by Crippen LogP contribution is 2.46. The molecule has 28 heavy (non-hydrogen) atoms. The minimum Gasteiger partial charge on any atom is -0.335 e. The minimum atomic E-state index is -0.0788. The van der Waals surface area contributed by atoms with Gasteiger partial charge in [-0.3, -0.25) is 9.79 Å². The normalized spacial score (nSPS) is 25.9. The van der Waals surface area contributed by atoms with Crippen LogP contribution in [0.25, 0.3) is 0 Å². The summed E-state index contributed by atoms with van der Waals surface area (Å²) in [5.74, 6) is 2.46. The van der Waals surface area contributed by atoms with Crippen molar-refractivity contribution in [1.29, 1.82) is 0 Å². The molecule has 148 valence electrons. The molecule has 0 N–H and O–H groups in total. The summed E-state index contributed by atoms with van der Waals surface area (Å²) in [6.45, 7) is 7.52. The van der Waals surface area contributed by atoms with E-state index in [-0.39, 0.29) is 11.7 Å². The molecule has 1 unspecified atom stereocenters. The monoisotopic (exact) mass is 378 g/mol. The molecule has 0 bridgehead atoms. The molecule has 0 spiro atoms. The molecule has 2 fully saturated rings. The molecule has 1 saturated heterocycles. The van der Waals surface area contributed by atoms with E-state index in [0.717, 1.165) is 25.9 Å². The fourth-order valence-electron chi connectivity index (χ4n) is 4.52. The molecule has 1 saturated carbocycles. The zero-order valence-electron chi connectivity index (χ0n) is 17.3. The number of carbonyl (C=O) groups excluding carboxylic acids is 1. The smallest absolute Gasteiger partial charge is 0.291 e. The van der Waals surface area contributed by atoms with Crippen molar-refractivity contribution in [1.82, 2.24) is 4.90 Å². The third-order valence-electron chi connectivity index (χ3n) is 5.88. The zero-order chi connectivity index (χ0) is 20.1. The molecule has 3 atom stereocenters.